The highest BCUT2D eigenvalue weighted by Gasteiger charge is 2.86. The van der Waals surface area contributed by atoms with Crippen LogP contribution in [0.5, 0.6) is 0 Å². The zero-order chi connectivity index (χ0) is 9.15. The van der Waals surface area contributed by atoms with Gasteiger partial charge in [-0.1, -0.05) is 0 Å². The van der Waals surface area contributed by atoms with E-state index in [0.717, 1.165) is 0 Å². The lowest BCUT2D eigenvalue weighted by molar-refractivity contribution is -0.141. The highest BCUT2D eigenvalue weighted by molar-refractivity contribution is 5.78. The first kappa shape index (κ1) is 7.91. The number of carbonyl (C=O) groups is 1. The van der Waals surface area contributed by atoms with Crippen molar-refractivity contribution in [2.24, 2.45) is 17.1 Å². The second kappa shape index (κ2) is 1.79. The number of hydrogen-bond donors (Lipinski definition) is 2. The van der Waals surface area contributed by atoms with E-state index in [1.165, 1.54) is 0 Å². The van der Waals surface area contributed by atoms with E-state index in [1.807, 2.05) is 0 Å². The summed E-state index contributed by atoms with van der Waals surface area (Å²) in [5, 5.41) is 8.45. The summed E-state index contributed by atoms with van der Waals surface area (Å²) in [4.78, 5) is 10.4. The van der Waals surface area contributed by atoms with Crippen LogP contribution in [-0.4, -0.2) is 23.0 Å². The fourth-order valence-electron chi connectivity index (χ4n) is 2.28. The predicted octanol–water partition coefficient (Wildman–Crippen LogP) is 0.444. The molecule has 0 heterocycles. The number of nitrogens with two attached hydrogens (primary N) is 1. The fraction of sp³-hybridized carbons (Fsp3) is 0.857. The molecule has 2 saturated carbocycles. The number of carboxylic acids is 1. The second-order valence-corrected chi connectivity index (χ2v) is 3.72. The second-order valence-electron chi connectivity index (χ2n) is 3.72. The molecule has 0 aromatic heterocycles. The van der Waals surface area contributed by atoms with E-state index in [9.17, 15) is 13.6 Å². The Morgan fingerprint density at radius 1 is 1.50 bits per heavy atom. The number of alkyl halides is 2. The van der Waals surface area contributed by atoms with Gasteiger partial charge >= 0.3 is 5.97 Å². The number of halogens is 2. The smallest absolute Gasteiger partial charge is 0.313 e. The minimum Gasteiger partial charge on any atom is -0.481 e. The molecule has 3 nitrogen and oxygen atoms in total. The molecule has 3 N–H and O–H groups in total. The molecule has 0 bridgehead atoms. The lowest BCUT2D eigenvalue weighted by atomic mass is 9.75. The van der Waals surface area contributed by atoms with Crippen LogP contribution in [0.4, 0.5) is 8.78 Å². The van der Waals surface area contributed by atoms with Crippen LogP contribution in [0.15, 0.2) is 0 Å². The number of aliphatic carboxylic acids is 1. The molecule has 0 aromatic rings. The number of carboxylic acid groups (broad SMARTS) is 1. The Morgan fingerprint density at radius 2 is 2.00 bits per heavy atom. The van der Waals surface area contributed by atoms with Crippen LogP contribution in [0.25, 0.3) is 0 Å². The van der Waals surface area contributed by atoms with Gasteiger partial charge in [0.1, 0.15) is 5.92 Å². The molecule has 1 spiro atoms. The normalized spacial score (nSPS) is 48.6. The fourth-order valence-corrected chi connectivity index (χ4v) is 2.28. The summed E-state index contributed by atoms with van der Waals surface area (Å²) < 4.78 is 25.8. The third kappa shape index (κ3) is 0.612. The molecule has 5 heteroatoms. The Bertz CT molecular complexity index is 248. The van der Waals surface area contributed by atoms with Crippen molar-refractivity contribution in [1.82, 2.24) is 0 Å². The lowest BCUT2D eigenvalue weighted by Gasteiger charge is -2.32. The average molecular weight is 177 g/mol. The Hall–Kier alpha value is -0.710. The zero-order valence-corrected chi connectivity index (χ0v) is 6.26. The Labute approximate surface area is 67.5 Å². The molecule has 1 unspecified atom stereocenters. The van der Waals surface area contributed by atoms with E-state index in [4.69, 9.17) is 10.8 Å². The van der Waals surface area contributed by atoms with Crippen molar-refractivity contribution in [2.45, 2.75) is 24.8 Å². The van der Waals surface area contributed by atoms with Crippen molar-refractivity contribution in [3.05, 3.63) is 0 Å². The van der Waals surface area contributed by atoms with E-state index in [0.29, 0.717) is 0 Å². The quantitative estimate of drug-likeness (QED) is 0.611. The molecule has 2 aliphatic rings. The van der Waals surface area contributed by atoms with Crippen LogP contribution in [-0.2, 0) is 4.79 Å². The van der Waals surface area contributed by atoms with Gasteiger partial charge in [-0.2, -0.15) is 0 Å². The summed E-state index contributed by atoms with van der Waals surface area (Å²) in [5.74, 6) is -5.90. The molecular formula is C7H9F2NO2. The van der Waals surface area contributed by atoms with Crippen LogP contribution < -0.4 is 5.73 Å². The molecule has 68 valence electrons. The van der Waals surface area contributed by atoms with Crippen molar-refractivity contribution in [3.8, 4) is 0 Å². The van der Waals surface area contributed by atoms with Gasteiger partial charge in [-0.15, -0.1) is 0 Å². The van der Waals surface area contributed by atoms with Crippen molar-refractivity contribution in [3.63, 3.8) is 0 Å². The highest BCUT2D eigenvalue weighted by atomic mass is 19.3. The predicted molar refractivity (Wildman–Crippen MR) is 35.7 cm³/mol. The van der Waals surface area contributed by atoms with Gasteiger partial charge in [-0.25, -0.2) is 8.78 Å². The van der Waals surface area contributed by atoms with Crippen LogP contribution in [0, 0.1) is 11.3 Å². The number of hydrogen-bond acceptors (Lipinski definition) is 2. The molecule has 0 aliphatic heterocycles. The molecule has 0 aromatic carbocycles. The first-order valence-electron chi connectivity index (χ1n) is 3.78. The van der Waals surface area contributed by atoms with E-state index in [2.05, 4.69) is 0 Å². The Balaban J connectivity index is 2.17. The molecule has 12 heavy (non-hydrogen) atoms. The molecule has 2 fully saturated rings. The summed E-state index contributed by atoms with van der Waals surface area (Å²) >= 11 is 0. The monoisotopic (exact) mass is 177 g/mol. The Kier molecular flexibility index (Phi) is 1.18. The SMILES string of the molecule is NC1CC2(C1)C(C(=O)O)C2(F)F. The summed E-state index contributed by atoms with van der Waals surface area (Å²) in [6, 6.07) is -0.236. The molecule has 0 radical (unpaired) electrons. The average Bonchev–Trinajstić information content (AvgIpc) is 2.27. The summed E-state index contributed by atoms with van der Waals surface area (Å²) in [7, 11) is 0. The van der Waals surface area contributed by atoms with Crippen LogP contribution in [0.1, 0.15) is 12.8 Å². The van der Waals surface area contributed by atoms with Crippen LogP contribution >= 0.6 is 0 Å². The van der Waals surface area contributed by atoms with Crippen molar-refractivity contribution >= 4 is 5.97 Å². The summed E-state index contributed by atoms with van der Waals surface area (Å²) in [5.41, 5.74) is 4.07. The van der Waals surface area contributed by atoms with Crippen molar-refractivity contribution in [1.29, 1.82) is 0 Å². The maximum absolute atomic E-state index is 12.9. The molecule has 2 rings (SSSR count). The van der Waals surface area contributed by atoms with E-state index in [-0.39, 0.29) is 18.9 Å². The number of rotatable bonds is 1. The maximum atomic E-state index is 12.9. The minimum atomic E-state index is -3.02. The topological polar surface area (TPSA) is 63.3 Å². The van der Waals surface area contributed by atoms with E-state index >= 15 is 0 Å². The lowest BCUT2D eigenvalue weighted by Crippen LogP contribution is -2.41. The molecule has 1 atom stereocenters. The van der Waals surface area contributed by atoms with Crippen LogP contribution in [0.2, 0.25) is 0 Å². The maximum Gasteiger partial charge on any atom is 0.313 e. The van der Waals surface area contributed by atoms with E-state index < -0.39 is 23.2 Å². The van der Waals surface area contributed by atoms with Gasteiger partial charge in [-0.05, 0) is 12.8 Å². The minimum absolute atomic E-state index is 0.150. The third-order valence-corrected chi connectivity index (χ3v) is 3.00. The van der Waals surface area contributed by atoms with Gasteiger partial charge in [0.25, 0.3) is 5.92 Å². The van der Waals surface area contributed by atoms with Gasteiger partial charge in [0, 0.05) is 6.04 Å². The van der Waals surface area contributed by atoms with Crippen LogP contribution in [0.3, 0.4) is 0 Å². The molecular weight excluding hydrogens is 168 g/mol. The molecule has 0 saturated heterocycles. The van der Waals surface area contributed by atoms with Gasteiger partial charge in [0.05, 0.1) is 5.41 Å². The first-order valence-corrected chi connectivity index (χ1v) is 3.78. The third-order valence-electron chi connectivity index (χ3n) is 3.00. The van der Waals surface area contributed by atoms with Gasteiger partial charge < -0.3 is 10.8 Å². The molecule has 2 aliphatic carbocycles. The highest BCUT2D eigenvalue weighted by Crippen LogP contribution is 2.74. The summed E-state index contributed by atoms with van der Waals surface area (Å²) in [6.07, 6.45) is 0.300. The summed E-state index contributed by atoms with van der Waals surface area (Å²) in [6.45, 7) is 0. The standard InChI is InChI=1S/C7H9F2NO2/c8-7(9)4(5(11)12)6(7)1-3(10)2-6/h3-4H,1-2,10H2,(H,11,12). The first-order chi connectivity index (χ1) is 5.42. The zero-order valence-electron chi connectivity index (χ0n) is 6.26. The Morgan fingerprint density at radius 3 is 2.25 bits per heavy atom. The van der Waals surface area contributed by atoms with Gasteiger partial charge in [0.15, 0.2) is 0 Å². The largest absolute Gasteiger partial charge is 0.481 e. The van der Waals surface area contributed by atoms with E-state index in [1.54, 1.807) is 0 Å². The van der Waals surface area contributed by atoms with Gasteiger partial charge in [0.2, 0.25) is 0 Å². The van der Waals surface area contributed by atoms with Crippen molar-refractivity contribution < 1.29 is 18.7 Å². The molecule has 0 amide bonds. The van der Waals surface area contributed by atoms with Gasteiger partial charge in [-0.3, -0.25) is 4.79 Å². The van der Waals surface area contributed by atoms with Crippen molar-refractivity contribution in [2.75, 3.05) is 0 Å².